The fourth-order valence-electron chi connectivity index (χ4n) is 2.04. The second-order valence-corrected chi connectivity index (χ2v) is 5.44. The van der Waals surface area contributed by atoms with Crippen molar-refractivity contribution in [3.8, 4) is 0 Å². The molecule has 0 bridgehead atoms. The molecule has 0 aliphatic heterocycles. The molecule has 0 N–H and O–H groups in total. The van der Waals surface area contributed by atoms with Gasteiger partial charge in [0.2, 0.25) is 0 Å². The molecule has 0 aromatic carbocycles. The number of fused-ring (bicyclic) bond motifs is 1. The molecule has 0 amide bonds. The van der Waals surface area contributed by atoms with E-state index in [1.807, 2.05) is 23.0 Å². The Balaban J connectivity index is 0.00000147. The van der Waals surface area contributed by atoms with Crippen molar-refractivity contribution in [2.45, 2.75) is 12.8 Å². The molecule has 1 aliphatic rings. The van der Waals surface area contributed by atoms with Gasteiger partial charge < -0.3 is 14.5 Å². The van der Waals surface area contributed by atoms with Crippen LogP contribution in [0.1, 0.15) is 21.7 Å². The molecule has 4 nitrogen and oxygen atoms in total. The predicted molar refractivity (Wildman–Crippen MR) is 73.1 cm³/mol. The Bertz CT molecular complexity index is 671. The van der Waals surface area contributed by atoms with Crippen LogP contribution in [0, 0.1) is 0 Å². The van der Waals surface area contributed by atoms with E-state index in [-0.39, 0.29) is 29.6 Å². The summed E-state index contributed by atoms with van der Waals surface area (Å²) in [5, 5.41) is 10.9. The van der Waals surface area contributed by atoms with Crippen molar-refractivity contribution >= 4 is 35.7 Å². The van der Waals surface area contributed by atoms with Crippen LogP contribution in [0.15, 0.2) is 30.4 Å². The third-order valence-electron chi connectivity index (χ3n) is 3.03. The summed E-state index contributed by atoms with van der Waals surface area (Å²) in [5.74, 6) is -1.06. The predicted octanol–water partition coefficient (Wildman–Crippen LogP) is -1.34. The Morgan fingerprint density at radius 2 is 2.30 bits per heavy atom. The van der Waals surface area contributed by atoms with Crippen LogP contribution < -0.4 is 34.7 Å². The van der Waals surface area contributed by atoms with Crippen LogP contribution in [0.5, 0.6) is 0 Å². The van der Waals surface area contributed by atoms with Gasteiger partial charge in [0, 0.05) is 28.3 Å². The molecule has 3 rings (SSSR count). The van der Waals surface area contributed by atoms with Crippen LogP contribution in [-0.2, 0) is 11.2 Å². The van der Waals surface area contributed by atoms with E-state index in [0.29, 0.717) is 12.0 Å². The first kappa shape index (κ1) is 15.3. The van der Waals surface area contributed by atoms with Crippen LogP contribution in [0.3, 0.4) is 0 Å². The van der Waals surface area contributed by atoms with E-state index in [9.17, 15) is 9.90 Å². The van der Waals surface area contributed by atoms with Crippen LogP contribution in [0.4, 0.5) is 0 Å². The molecule has 2 aromatic heterocycles. The van der Waals surface area contributed by atoms with E-state index in [4.69, 9.17) is 0 Å². The van der Waals surface area contributed by atoms with Gasteiger partial charge in [-0.15, -0.1) is 11.3 Å². The van der Waals surface area contributed by atoms with Crippen LogP contribution >= 0.6 is 11.3 Å². The number of carboxylic acids is 1. The number of carbonyl (C=O) groups excluding carboxylic acids is 1. The van der Waals surface area contributed by atoms with Crippen LogP contribution in [-0.4, -0.2) is 15.5 Å². The smallest absolute Gasteiger partial charge is 0.545 e. The second-order valence-electron chi connectivity index (χ2n) is 4.32. The topological polar surface area (TPSA) is 57.9 Å². The molecule has 0 saturated carbocycles. The number of aromatic nitrogens is 2. The summed E-state index contributed by atoms with van der Waals surface area (Å²) in [7, 11) is 0. The van der Waals surface area contributed by atoms with Gasteiger partial charge in [-0.1, -0.05) is 0 Å². The Morgan fingerprint density at radius 3 is 3.00 bits per heavy atom. The maximum absolute atomic E-state index is 10.9. The summed E-state index contributed by atoms with van der Waals surface area (Å²) in [5.41, 5.74) is 1.60. The van der Waals surface area contributed by atoms with Gasteiger partial charge in [-0.2, -0.15) is 0 Å². The van der Waals surface area contributed by atoms with Gasteiger partial charge in [-0.3, -0.25) is 0 Å². The van der Waals surface area contributed by atoms with E-state index in [1.165, 1.54) is 5.56 Å². The average molecular weight is 294 g/mol. The Kier molecular flexibility index (Phi) is 4.99. The molecule has 96 valence electrons. The monoisotopic (exact) mass is 294 g/mol. The molecule has 0 radical (unpaired) electrons. The maximum Gasteiger partial charge on any atom is 1.00 e. The number of carbonyl (C=O) groups is 1. The minimum absolute atomic E-state index is 0. The van der Waals surface area contributed by atoms with Gasteiger partial charge in [-0.05, 0) is 42.2 Å². The molecule has 0 atom stereocenters. The molecular weight excluding hydrogens is 283 g/mol. The summed E-state index contributed by atoms with van der Waals surface area (Å²) < 4.78 is 1.86. The molecule has 6 heteroatoms. The van der Waals surface area contributed by atoms with Gasteiger partial charge in [0.15, 0.2) is 0 Å². The molecule has 0 unspecified atom stereocenters. The number of nitrogens with zero attached hydrogens (tertiary/aromatic N) is 2. The van der Waals surface area contributed by atoms with Crippen molar-refractivity contribution in [1.29, 1.82) is 0 Å². The van der Waals surface area contributed by atoms with Gasteiger partial charge in [0.1, 0.15) is 0 Å². The van der Waals surface area contributed by atoms with Crippen LogP contribution in [0.25, 0.3) is 18.4 Å². The third kappa shape index (κ3) is 3.30. The average Bonchev–Trinajstić information content (AvgIpc) is 3.04. The number of rotatable bonds is 3. The number of aryl methyl sites for hydroxylation is 1. The molecular formula is C14H11N2NaO2S. The minimum atomic E-state index is -1.06. The van der Waals surface area contributed by atoms with Crippen molar-refractivity contribution in [2.75, 3.05) is 0 Å². The summed E-state index contributed by atoms with van der Waals surface area (Å²) in [6.07, 6.45) is 12.3. The SMILES string of the molecule is O=C([O-])C1=Cc2sc(C=Cn3ccnc3)cc2CC1.[Na+]. The van der Waals surface area contributed by atoms with E-state index < -0.39 is 5.97 Å². The fourth-order valence-corrected chi connectivity index (χ4v) is 3.12. The fraction of sp³-hybridized carbons (Fsp3) is 0.143. The van der Waals surface area contributed by atoms with Crippen molar-refractivity contribution in [3.63, 3.8) is 0 Å². The van der Waals surface area contributed by atoms with Crippen LogP contribution in [0.2, 0.25) is 0 Å². The molecule has 0 fully saturated rings. The largest absolute Gasteiger partial charge is 1.00 e. The molecule has 0 saturated heterocycles. The first-order chi connectivity index (χ1) is 9.22. The summed E-state index contributed by atoms with van der Waals surface area (Å²) in [6, 6.07) is 2.11. The second kappa shape index (κ2) is 6.54. The number of hydrogen-bond acceptors (Lipinski definition) is 4. The zero-order valence-electron chi connectivity index (χ0n) is 11.1. The van der Waals surface area contributed by atoms with E-state index in [0.717, 1.165) is 16.2 Å². The van der Waals surface area contributed by atoms with E-state index >= 15 is 0 Å². The summed E-state index contributed by atoms with van der Waals surface area (Å²) in [6.45, 7) is 0. The third-order valence-corrected chi connectivity index (χ3v) is 4.12. The number of hydrogen-bond donors (Lipinski definition) is 0. The molecule has 20 heavy (non-hydrogen) atoms. The van der Waals surface area contributed by atoms with Gasteiger partial charge >= 0.3 is 29.6 Å². The Hall–Kier alpha value is -1.14. The maximum atomic E-state index is 10.9. The van der Waals surface area contributed by atoms with Gasteiger partial charge in [0.25, 0.3) is 0 Å². The Labute approximate surface area is 142 Å². The van der Waals surface area contributed by atoms with Crippen molar-refractivity contribution in [3.05, 3.63) is 45.7 Å². The molecule has 2 heterocycles. The quantitative estimate of drug-likeness (QED) is 0.658. The van der Waals surface area contributed by atoms with E-state index in [1.54, 1.807) is 29.9 Å². The standard InChI is InChI=1S/C14H12N2O2S.Na/c17-14(18)11-2-1-10-7-12(19-13(10)8-11)3-5-16-6-4-15-9-16;/h3-9H,1-2H2,(H,17,18);/q;+1/p-1. The van der Waals surface area contributed by atoms with Gasteiger partial charge in [0.05, 0.1) is 12.3 Å². The summed E-state index contributed by atoms with van der Waals surface area (Å²) >= 11 is 1.59. The molecule has 0 spiro atoms. The van der Waals surface area contributed by atoms with E-state index in [2.05, 4.69) is 11.1 Å². The number of aliphatic carboxylic acids is 1. The molecule has 2 aromatic rings. The number of thiophene rings is 1. The van der Waals surface area contributed by atoms with Crippen molar-refractivity contribution in [1.82, 2.24) is 9.55 Å². The first-order valence-electron chi connectivity index (χ1n) is 5.92. The zero-order valence-corrected chi connectivity index (χ0v) is 13.9. The number of imidazole rings is 1. The van der Waals surface area contributed by atoms with Gasteiger partial charge in [-0.25, -0.2) is 4.98 Å². The first-order valence-corrected chi connectivity index (χ1v) is 6.74. The Morgan fingerprint density at radius 1 is 1.45 bits per heavy atom. The minimum Gasteiger partial charge on any atom is -0.545 e. The summed E-state index contributed by atoms with van der Waals surface area (Å²) in [4.78, 5) is 16.9. The number of carboxylic acid groups (broad SMARTS) is 1. The molecule has 1 aliphatic carbocycles. The normalized spacial score (nSPS) is 13.7. The van der Waals surface area contributed by atoms with Crippen molar-refractivity contribution < 1.29 is 39.5 Å². The zero-order chi connectivity index (χ0) is 13.2. The van der Waals surface area contributed by atoms with Crippen molar-refractivity contribution in [2.24, 2.45) is 0 Å².